The highest BCUT2D eigenvalue weighted by molar-refractivity contribution is 5.68. The Balaban J connectivity index is 1.96. The van der Waals surface area contributed by atoms with E-state index in [4.69, 9.17) is 5.26 Å². The van der Waals surface area contributed by atoms with Gasteiger partial charge in [0.05, 0.1) is 11.4 Å². The third kappa shape index (κ3) is 2.45. The predicted molar refractivity (Wildman–Crippen MR) is 80.5 cm³/mol. The van der Waals surface area contributed by atoms with Crippen LogP contribution in [-0.2, 0) is 0 Å². The van der Waals surface area contributed by atoms with E-state index in [9.17, 15) is 5.11 Å². The summed E-state index contributed by atoms with van der Waals surface area (Å²) in [5.41, 5.74) is 2.18. The number of aromatic hydroxyl groups is 1. The number of rotatable bonds is 3. The Hall–Kier alpha value is -3.40. The number of imidazole rings is 1. The van der Waals surface area contributed by atoms with Crippen LogP contribution in [0.4, 0.5) is 5.82 Å². The van der Waals surface area contributed by atoms with Gasteiger partial charge in [-0.2, -0.15) is 5.26 Å². The van der Waals surface area contributed by atoms with E-state index < -0.39 is 0 Å². The number of aromatic nitrogens is 4. The Morgan fingerprint density at radius 2 is 2.09 bits per heavy atom. The van der Waals surface area contributed by atoms with Gasteiger partial charge in [-0.15, -0.1) is 10.2 Å². The molecule has 0 amide bonds. The average Bonchev–Trinajstić information content (AvgIpc) is 3.04. The van der Waals surface area contributed by atoms with Crippen LogP contribution in [0.1, 0.15) is 5.69 Å². The van der Waals surface area contributed by atoms with Gasteiger partial charge in [-0.25, -0.2) is 4.98 Å². The van der Waals surface area contributed by atoms with Gasteiger partial charge in [0.2, 0.25) is 0 Å². The quantitative estimate of drug-likeness (QED) is 0.765. The lowest BCUT2D eigenvalue weighted by Gasteiger charge is -2.07. The zero-order valence-electron chi connectivity index (χ0n) is 11.7. The van der Waals surface area contributed by atoms with E-state index in [1.54, 1.807) is 42.1 Å². The van der Waals surface area contributed by atoms with Crippen molar-refractivity contribution in [3.05, 3.63) is 48.5 Å². The molecular weight excluding hydrogens is 280 g/mol. The summed E-state index contributed by atoms with van der Waals surface area (Å²) >= 11 is 0. The Bertz CT molecular complexity index is 847. The van der Waals surface area contributed by atoms with Crippen molar-refractivity contribution in [1.29, 1.82) is 5.26 Å². The van der Waals surface area contributed by atoms with Crippen molar-refractivity contribution < 1.29 is 5.11 Å². The van der Waals surface area contributed by atoms with Crippen molar-refractivity contribution in [2.45, 2.75) is 0 Å². The van der Waals surface area contributed by atoms with Gasteiger partial charge < -0.3 is 15.0 Å². The van der Waals surface area contributed by atoms with E-state index >= 15 is 0 Å². The Morgan fingerprint density at radius 1 is 1.23 bits per heavy atom. The molecule has 2 N–H and O–H groups in total. The van der Waals surface area contributed by atoms with Gasteiger partial charge in [0, 0.05) is 24.9 Å². The van der Waals surface area contributed by atoms with Gasteiger partial charge in [-0.1, -0.05) is 0 Å². The highest BCUT2D eigenvalue weighted by Crippen LogP contribution is 2.29. The summed E-state index contributed by atoms with van der Waals surface area (Å²) in [6, 6.07) is 10.7. The molecule has 7 heteroatoms. The van der Waals surface area contributed by atoms with Crippen molar-refractivity contribution in [3.63, 3.8) is 0 Å². The van der Waals surface area contributed by atoms with Crippen molar-refractivity contribution in [1.82, 2.24) is 19.7 Å². The molecule has 0 spiro atoms. The summed E-state index contributed by atoms with van der Waals surface area (Å²) in [6.45, 7) is 0. The number of hydrogen-bond acceptors (Lipinski definition) is 6. The lowest BCUT2D eigenvalue weighted by atomic mass is 10.1. The summed E-state index contributed by atoms with van der Waals surface area (Å²) < 4.78 is 1.66. The van der Waals surface area contributed by atoms with Crippen molar-refractivity contribution in [2.75, 3.05) is 12.4 Å². The first-order valence-electron chi connectivity index (χ1n) is 6.50. The molecule has 1 aromatic carbocycles. The SMILES string of the molecule is CNc1ccc(-c2ccc(-n3cnc(C#N)c3)cc2O)nn1. The molecule has 3 rings (SSSR count). The van der Waals surface area contributed by atoms with Gasteiger partial charge in [-0.05, 0) is 24.3 Å². The summed E-state index contributed by atoms with van der Waals surface area (Å²) in [4.78, 5) is 3.93. The summed E-state index contributed by atoms with van der Waals surface area (Å²) in [7, 11) is 1.76. The second-order valence-corrected chi connectivity index (χ2v) is 4.53. The molecule has 0 aliphatic carbocycles. The molecule has 3 aromatic rings. The number of benzene rings is 1. The van der Waals surface area contributed by atoms with E-state index in [0.29, 0.717) is 28.5 Å². The van der Waals surface area contributed by atoms with Crippen LogP contribution < -0.4 is 5.32 Å². The smallest absolute Gasteiger partial charge is 0.158 e. The molecule has 0 saturated carbocycles. The van der Waals surface area contributed by atoms with E-state index in [0.717, 1.165) is 0 Å². The van der Waals surface area contributed by atoms with E-state index in [1.165, 1.54) is 6.33 Å². The first-order chi connectivity index (χ1) is 10.7. The lowest BCUT2D eigenvalue weighted by Crippen LogP contribution is -1.96. The van der Waals surface area contributed by atoms with Gasteiger partial charge in [0.1, 0.15) is 24.0 Å². The summed E-state index contributed by atoms with van der Waals surface area (Å²) in [5, 5.41) is 29.9. The third-order valence-electron chi connectivity index (χ3n) is 3.17. The van der Waals surface area contributed by atoms with Crippen LogP contribution in [0.15, 0.2) is 42.9 Å². The van der Waals surface area contributed by atoms with Crippen LogP contribution in [0.3, 0.4) is 0 Å². The molecule has 0 unspecified atom stereocenters. The van der Waals surface area contributed by atoms with E-state index in [-0.39, 0.29) is 5.75 Å². The number of hydrogen-bond donors (Lipinski definition) is 2. The first kappa shape index (κ1) is 13.6. The van der Waals surface area contributed by atoms with Crippen LogP contribution >= 0.6 is 0 Å². The maximum absolute atomic E-state index is 10.2. The largest absolute Gasteiger partial charge is 0.507 e. The fourth-order valence-corrected chi connectivity index (χ4v) is 2.03. The van der Waals surface area contributed by atoms with Gasteiger partial charge in [0.25, 0.3) is 0 Å². The van der Waals surface area contributed by atoms with Crippen molar-refractivity contribution in [3.8, 4) is 28.8 Å². The molecular formula is C15H12N6O. The minimum atomic E-state index is 0.0798. The molecule has 108 valence electrons. The van der Waals surface area contributed by atoms with Crippen LogP contribution in [0.5, 0.6) is 5.75 Å². The fourth-order valence-electron chi connectivity index (χ4n) is 2.03. The minimum Gasteiger partial charge on any atom is -0.507 e. The summed E-state index contributed by atoms with van der Waals surface area (Å²) in [5.74, 6) is 0.735. The number of nitrogens with zero attached hydrogens (tertiary/aromatic N) is 5. The second-order valence-electron chi connectivity index (χ2n) is 4.53. The van der Waals surface area contributed by atoms with Crippen LogP contribution in [0.2, 0.25) is 0 Å². The Morgan fingerprint density at radius 3 is 2.68 bits per heavy atom. The molecule has 22 heavy (non-hydrogen) atoms. The zero-order valence-corrected chi connectivity index (χ0v) is 11.7. The molecule has 0 radical (unpaired) electrons. The molecule has 0 atom stereocenters. The molecule has 0 bridgehead atoms. The minimum absolute atomic E-state index is 0.0798. The normalized spacial score (nSPS) is 10.2. The number of phenols is 1. The Labute approximate surface area is 126 Å². The zero-order chi connectivity index (χ0) is 15.5. The number of phenolic OH excluding ortho intramolecular Hbond substituents is 1. The Kier molecular flexibility index (Phi) is 3.42. The average molecular weight is 292 g/mol. The van der Waals surface area contributed by atoms with E-state index in [1.807, 2.05) is 12.1 Å². The van der Waals surface area contributed by atoms with E-state index in [2.05, 4.69) is 20.5 Å². The number of anilines is 1. The molecule has 0 aliphatic heterocycles. The van der Waals surface area contributed by atoms with Crippen LogP contribution in [0, 0.1) is 11.3 Å². The van der Waals surface area contributed by atoms with Crippen LogP contribution in [-0.4, -0.2) is 31.9 Å². The monoisotopic (exact) mass is 292 g/mol. The van der Waals surface area contributed by atoms with Crippen LogP contribution in [0.25, 0.3) is 16.9 Å². The second kappa shape index (κ2) is 5.54. The van der Waals surface area contributed by atoms with Crippen molar-refractivity contribution >= 4 is 5.82 Å². The molecule has 0 aliphatic rings. The molecule has 7 nitrogen and oxygen atoms in total. The molecule has 2 aromatic heterocycles. The summed E-state index contributed by atoms with van der Waals surface area (Å²) in [6.07, 6.45) is 3.12. The number of nitriles is 1. The molecule has 2 heterocycles. The topological polar surface area (TPSA) is 99.7 Å². The lowest BCUT2D eigenvalue weighted by molar-refractivity contribution is 0.476. The van der Waals surface area contributed by atoms with Gasteiger partial charge >= 0.3 is 0 Å². The first-order valence-corrected chi connectivity index (χ1v) is 6.50. The number of nitrogens with one attached hydrogen (secondary N) is 1. The highest BCUT2D eigenvalue weighted by Gasteiger charge is 2.09. The molecule has 0 fully saturated rings. The highest BCUT2D eigenvalue weighted by atomic mass is 16.3. The third-order valence-corrected chi connectivity index (χ3v) is 3.17. The standard InChI is InChI=1S/C15H12N6O/c1-17-15-5-4-13(19-20-15)12-3-2-11(6-14(12)22)21-8-10(7-16)18-9-21/h2-6,8-9,22H,1H3,(H,17,20). The van der Waals surface area contributed by atoms with Gasteiger partial charge in [-0.3, -0.25) is 0 Å². The predicted octanol–water partition coefficient (Wildman–Crippen LogP) is 1.95. The maximum Gasteiger partial charge on any atom is 0.158 e. The molecule has 0 saturated heterocycles. The van der Waals surface area contributed by atoms with Gasteiger partial charge in [0.15, 0.2) is 5.69 Å². The fraction of sp³-hybridized carbons (Fsp3) is 0.0667. The maximum atomic E-state index is 10.2. The van der Waals surface area contributed by atoms with Crippen molar-refractivity contribution in [2.24, 2.45) is 0 Å².